The van der Waals surface area contributed by atoms with E-state index in [1.807, 2.05) is 6.07 Å². The van der Waals surface area contributed by atoms with Crippen molar-refractivity contribution in [1.82, 2.24) is 4.98 Å². The number of aromatic nitrogens is 1. The zero-order chi connectivity index (χ0) is 15.6. The Balaban J connectivity index is 2.04. The summed E-state index contributed by atoms with van der Waals surface area (Å²) in [6.45, 7) is 2.14. The Morgan fingerprint density at radius 2 is 1.39 bits per heavy atom. The molecule has 0 spiro atoms. The lowest BCUT2D eigenvalue weighted by atomic mass is 9.98. The van der Waals surface area contributed by atoms with Gasteiger partial charge in [-0.1, -0.05) is 78.9 Å². The zero-order valence-corrected chi connectivity index (χ0v) is 13.0. The summed E-state index contributed by atoms with van der Waals surface area (Å²) in [7, 11) is 0. The maximum Gasteiger partial charge on any atom is 0.0790 e. The Kier molecular flexibility index (Phi) is 3.39. The van der Waals surface area contributed by atoms with Crippen molar-refractivity contribution < 1.29 is 0 Å². The van der Waals surface area contributed by atoms with Crippen LogP contribution in [0.5, 0.6) is 0 Å². The molecule has 0 atom stereocenters. The SMILES string of the molecule is Cc1ccccc1-c1nc(-c2ccccc2)cc2ccccc12. The van der Waals surface area contributed by atoms with E-state index in [0.29, 0.717) is 0 Å². The van der Waals surface area contributed by atoms with Crippen LogP contribution in [-0.4, -0.2) is 4.98 Å². The second-order valence-corrected chi connectivity index (χ2v) is 5.76. The maximum atomic E-state index is 5.00. The summed E-state index contributed by atoms with van der Waals surface area (Å²) in [4.78, 5) is 5.00. The minimum Gasteiger partial charge on any atom is -0.247 e. The standard InChI is InChI=1S/C22H17N/c1-16-9-5-7-13-19(16)22-20-14-8-6-12-18(20)15-21(23-22)17-10-3-2-4-11-17/h2-15H,1H3. The van der Waals surface area contributed by atoms with Crippen LogP contribution in [0.3, 0.4) is 0 Å². The Bertz CT molecular complexity index is 971. The summed E-state index contributed by atoms with van der Waals surface area (Å²) in [5.41, 5.74) is 5.66. The Morgan fingerprint density at radius 1 is 0.696 bits per heavy atom. The molecule has 0 bridgehead atoms. The molecule has 3 aromatic carbocycles. The molecular formula is C22H17N. The van der Waals surface area contributed by atoms with Gasteiger partial charge in [-0.15, -0.1) is 0 Å². The van der Waals surface area contributed by atoms with Gasteiger partial charge in [0.25, 0.3) is 0 Å². The molecule has 1 heteroatoms. The van der Waals surface area contributed by atoms with E-state index in [4.69, 9.17) is 4.98 Å². The number of pyridine rings is 1. The van der Waals surface area contributed by atoms with Crippen molar-refractivity contribution >= 4 is 10.8 Å². The summed E-state index contributed by atoms with van der Waals surface area (Å²) in [5.74, 6) is 0. The monoisotopic (exact) mass is 295 g/mol. The summed E-state index contributed by atoms with van der Waals surface area (Å²) in [5, 5.41) is 2.42. The molecule has 0 N–H and O–H groups in total. The number of benzene rings is 3. The maximum absolute atomic E-state index is 5.00. The molecule has 23 heavy (non-hydrogen) atoms. The molecule has 0 saturated carbocycles. The van der Waals surface area contributed by atoms with E-state index in [2.05, 4.69) is 85.8 Å². The molecule has 0 unspecified atom stereocenters. The first-order valence-corrected chi connectivity index (χ1v) is 7.84. The van der Waals surface area contributed by atoms with Crippen LogP contribution < -0.4 is 0 Å². The van der Waals surface area contributed by atoms with Crippen LogP contribution >= 0.6 is 0 Å². The van der Waals surface area contributed by atoms with E-state index >= 15 is 0 Å². The van der Waals surface area contributed by atoms with Crippen molar-refractivity contribution in [3.63, 3.8) is 0 Å². The highest BCUT2D eigenvalue weighted by molar-refractivity contribution is 5.97. The smallest absolute Gasteiger partial charge is 0.0790 e. The lowest BCUT2D eigenvalue weighted by molar-refractivity contribution is 1.33. The molecule has 1 heterocycles. The second kappa shape index (κ2) is 5.69. The number of fused-ring (bicyclic) bond motifs is 1. The van der Waals surface area contributed by atoms with Crippen LogP contribution in [0.1, 0.15) is 5.56 Å². The van der Waals surface area contributed by atoms with Crippen LogP contribution in [-0.2, 0) is 0 Å². The molecule has 4 aromatic rings. The van der Waals surface area contributed by atoms with E-state index in [1.54, 1.807) is 0 Å². The Labute approximate surface area is 136 Å². The highest BCUT2D eigenvalue weighted by atomic mass is 14.7. The van der Waals surface area contributed by atoms with Gasteiger partial charge in [0.2, 0.25) is 0 Å². The predicted octanol–water partition coefficient (Wildman–Crippen LogP) is 5.88. The molecule has 0 fully saturated rings. The van der Waals surface area contributed by atoms with Gasteiger partial charge in [-0.25, -0.2) is 4.98 Å². The molecule has 110 valence electrons. The van der Waals surface area contributed by atoms with Crippen LogP contribution in [0.2, 0.25) is 0 Å². The van der Waals surface area contributed by atoms with Crippen LogP contribution in [0.4, 0.5) is 0 Å². The van der Waals surface area contributed by atoms with E-state index in [-0.39, 0.29) is 0 Å². The second-order valence-electron chi connectivity index (χ2n) is 5.76. The third-order valence-electron chi connectivity index (χ3n) is 4.21. The van der Waals surface area contributed by atoms with Gasteiger partial charge in [0.1, 0.15) is 0 Å². The summed E-state index contributed by atoms with van der Waals surface area (Å²) >= 11 is 0. The first-order valence-electron chi connectivity index (χ1n) is 7.84. The van der Waals surface area contributed by atoms with Gasteiger partial charge in [-0.2, -0.15) is 0 Å². The molecule has 0 aliphatic carbocycles. The van der Waals surface area contributed by atoms with Crippen molar-refractivity contribution in [2.45, 2.75) is 6.92 Å². The topological polar surface area (TPSA) is 12.9 Å². The van der Waals surface area contributed by atoms with Crippen molar-refractivity contribution in [2.24, 2.45) is 0 Å². The van der Waals surface area contributed by atoms with Crippen molar-refractivity contribution in [3.8, 4) is 22.5 Å². The van der Waals surface area contributed by atoms with Crippen molar-refractivity contribution in [1.29, 1.82) is 0 Å². The summed E-state index contributed by atoms with van der Waals surface area (Å²) in [6, 6.07) is 29.4. The largest absolute Gasteiger partial charge is 0.247 e. The van der Waals surface area contributed by atoms with E-state index in [0.717, 1.165) is 17.0 Å². The fourth-order valence-corrected chi connectivity index (χ4v) is 3.00. The van der Waals surface area contributed by atoms with Gasteiger partial charge in [0.05, 0.1) is 11.4 Å². The van der Waals surface area contributed by atoms with Gasteiger partial charge < -0.3 is 0 Å². The minimum atomic E-state index is 1.02. The molecule has 0 amide bonds. The number of nitrogens with zero attached hydrogens (tertiary/aromatic N) is 1. The lowest BCUT2D eigenvalue weighted by Crippen LogP contribution is -1.92. The molecular weight excluding hydrogens is 278 g/mol. The molecule has 1 nitrogen and oxygen atoms in total. The molecule has 0 aliphatic heterocycles. The van der Waals surface area contributed by atoms with E-state index in [9.17, 15) is 0 Å². The minimum absolute atomic E-state index is 1.02. The molecule has 1 aromatic heterocycles. The summed E-state index contributed by atoms with van der Waals surface area (Å²) in [6.07, 6.45) is 0. The van der Waals surface area contributed by atoms with Gasteiger partial charge in [-0.05, 0) is 23.9 Å². The van der Waals surface area contributed by atoms with Crippen LogP contribution in [0, 0.1) is 6.92 Å². The Hall–Kier alpha value is -2.93. The normalized spacial score (nSPS) is 10.8. The van der Waals surface area contributed by atoms with Gasteiger partial charge in [0, 0.05) is 16.5 Å². The first kappa shape index (κ1) is 13.7. The van der Waals surface area contributed by atoms with Crippen molar-refractivity contribution in [3.05, 3.63) is 90.5 Å². The zero-order valence-electron chi connectivity index (χ0n) is 13.0. The lowest BCUT2D eigenvalue weighted by Gasteiger charge is -2.12. The molecule has 4 rings (SSSR count). The summed E-state index contributed by atoms with van der Waals surface area (Å²) < 4.78 is 0. The number of hydrogen-bond donors (Lipinski definition) is 0. The predicted molar refractivity (Wildman–Crippen MR) is 97.4 cm³/mol. The van der Waals surface area contributed by atoms with E-state index < -0.39 is 0 Å². The Morgan fingerprint density at radius 3 is 2.22 bits per heavy atom. The third-order valence-corrected chi connectivity index (χ3v) is 4.21. The fourth-order valence-electron chi connectivity index (χ4n) is 3.00. The average molecular weight is 295 g/mol. The number of rotatable bonds is 2. The number of aryl methyl sites for hydroxylation is 1. The third kappa shape index (κ3) is 2.51. The van der Waals surface area contributed by atoms with Gasteiger partial charge in [-0.3, -0.25) is 0 Å². The molecule has 0 radical (unpaired) electrons. The van der Waals surface area contributed by atoms with Gasteiger partial charge >= 0.3 is 0 Å². The number of hydrogen-bond acceptors (Lipinski definition) is 1. The molecule has 0 aliphatic rings. The van der Waals surface area contributed by atoms with Crippen LogP contribution in [0.15, 0.2) is 84.9 Å². The molecule has 0 saturated heterocycles. The fraction of sp³-hybridized carbons (Fsp3) is 0.0455. The van der Waals surface area contributed by atoms with E-state index in [1.165, 1.54) is 21.9 Å². The highest BCUT2D eigenvalue weighted by Gasteiger charge is 2.10. The highest BCUT2D eigenvalue weighted by Crippen LogP contribution is 2.32. The van der Waals surface area contributed by atoms with Crippen LogP contribution in [0.25, 0.3) is 33.3 Å². The first-order chi connectivity index (χ1) is 11.3. The van der Waals surface area contributed by atoms with Gasteiger partial charge in [0.15, 0.2) is 0 Å². The average Bonchev–Trinajstić information content (AvgIpc) is 2.62. The van der Waals surface area contributed by atoms with Crippen molar-refractivity contribution in [2.75, 3.05) is 0 Å². The quantitative estimate of drug-likeness (QED) is 0.450.